The summed E-state index contributed by atoms with van der Waals surface area (Å²) in [5.74, 6) is 1.47. The van der Waals surface area contributed by atoms with Crippen molar-refractivity contribution in [1.29, 1.82) is 0 Å². The Kier molecular flexibility index (Phi) is 8.26. The van der Waals surface area contributed by atoms with Gasteiger partial charge in [-0.3, -0.25) is 10.2 Å². The standard InChI is InChI=1S/C20H27N3O3S/c1-5-7-8-11-26-17-10-9-16(12-18(17)25-6-2)13-21-23-20-22-14(3)19(27-20)15(4)24/h9-10,12-13H,5-8,11H2,1-4H3,(H,22,23)/b21-13-. The number of Topliss-reactive ketones (excluding diaryl/α,β-unsaturated/α-hetero) is 1. The van der Waals surface area contributed by atoms with Crippen LogP contribution in [-0.2, 0) is 0 Å². The van der Waals surface area contributed by atoms with Crippen LogP contribution < -0.4 is 14.9 Å². The second kappa shape index (κ2) is 10.7. The number of aromatic nitrogens is 1. The predicted octanol–water partition coefficient (Wildman–Crippen LogP) is 5.07. The summed E-state index contributed by atoms with van der Waals surface area (Å²) in [6.45, 7) is 8.72. The first kappa shape index (κ1) is 20.9. The van der Waals surface area contributed by atoms with E-state index in [1.165, 1.54) is 18.3 Å². The van der Waals surface area contributed by atoms with Crippen LogP contribution in [0.3, 0.4) is 0 Å². The van der Waals surface area contributed by atoms with Crippen molar-refractivity contribution in [2.45, 2.75) is 47.0 Å². The van der Waals surface area contributed by atoms with Crippen molar-refractivity contribution in [3.8, 4) is 11.5 Å². The Balaban J connectivity index is 2.02. The number of benzene rings is 1. The predicted molar refractivity (Wildman–Crippen MR) is 111 cm³/mol. The number of anilines is 1. The number of hydrogen-bond donors (Lipinski definition) is 1. The number of thiazole rings is 1. The fraction of sp³-hybridized carbons (Fsp3) is 0.450. The summed E-state index contributed by atoms with van der Waals surface area (Å²) in [5, 5.41) is 4.80. The molecule has 0 amide bonds. The lowest BCUT2D eigenvalue weighted by Crippen LogP contribution is -2.01. The fourth-order valence-electron chi connectivity index (χ4n) is 2.46. The van der Waals surface area contributed by atoms with E-state index in [1.54, 1.807) is 6.21 Å². The van der Waals surface area contributed by atoms with Gasteiger partial charge in [-0.1, -0.05) is 31.1 Å². The van der Waals surface area contributed by atoms with Crippen molar-refractivity contribution in [3.05, 3.63) is 34.3 Å². The average molecular weight is 390 g/mol. The van der Waals surface area contributed by atoms with E-state index in [0.29, 0.717) is 34.7 Å². The Morgan fingerprint density at radius 3 is 2.74 bits per heavy atom. The van der Waals surface area contributed by atoms with Crippen LogP contribution in [0, 0.1) is 6.92 Å². The van der Waals surface area contributed by atoms with Crippen LogP contribution in [-0.4, -0.2) is 30.2 Å². The number of ketones is 1. The summed E-state index contributed by atoms with van der Waals surface area (Å²) >= 11 is 1.30. The summed E-state index contributed by atoms with van der Waals surface area (Å²) in [4.78, 5) is 16.4. The number of aryl methyl sites for hydroxylation is 1. The molecule has 0 radical (unpaired) electrons. The minimum atomic E-state index is 0.0120. The van der Waals surface area contributed by atoms with Crippen molar-refractivity contribution in [2.24, 2.45) is 5.10 Å². The highest BCUT2D eigenvalue weighted by Gasteiger charge is 2.11. The molecule has 0 spiro atoms. The lowest BCUT2D eigenvalue weighted by atomic mass is 10.2. The van der Waals surface area contributed by atoms with Crippen molar-refractivity contribution in [3.63, 3.8) is 0 Å². The maximum atomic E-state index is 11.5. The topological polar surface area (TPSA) is 72.8 Å². The Morgan fingerprint density at radius 1 is 1.26 bits per heavy atom. The summed E-state index contributed by atoms with van der Waals surface area (Å²) in [7, 11) is 0. The van der Waals surface area contributed by atoms with Crippen LogP contribution in [0.5, 0.6) is 11.5 Å². The van der Waals surface area contributed by atoms with Gasteiger partial charge in [0, 0.05) is 6.92 Å². The molecule has 0 saturated carbocycles. The van der Waals surface area contributed by atoms with E-state index in [2.05, 4.69) is 22.4 Å². The maximum absolute atomic E-state index is 11.5. The summed E-state index contributed by atoms with van der Waals surface area (Å²) < 4.78 is 11.5. The van der Waals surface area contributed by atoms with Gasteiger partial charge in [0.25, 0.3) is 0 Å². The molecule has 0 aliphatic heterocycles. The number of rotatable bonds is 11. The van der Waals surface area contributed by atoms with E-state index in [1.807, 2.05) is 32.0 Å². The number of nitrogens with zero attached hydrogens (tertiary/aromatic N) is 2. The average Bonchev–Trinajstić information content (AvgIpc) is 3.01. The molecule has 0 saturated heterocycles. The van der Waals surface area contributed by atoms with Crippen molar-refractivity contribution >= 4 is 28.5 Å². The van der Waals surface area contributed by atoms with E-state index in [4.69, 9.17) is 9.47 Å². The Labute approximate surface area is 164 Å². The van der Waals surface area contributed by atoms with E-state index in [-0.39, 0.29) is 5.78 Å². The zero-order valence-corrected chi connectivity index (χ0v) is 17.2. The van der Waals surface area contributed by atoms with Gasteiger partial charge in [-0.2, -0.15) is 5.10 Å². The normalized spacial score (nSPS) is 11.0. The van der Waals surface area contributed by atoms with E-state index < -0.39 is 0 Å². The Bertz CT molecular complexity index is 787. The molecule has 0 fully saturated rings. The van der Waals surface area contributed by atoms with Gasteiger partial charge in [-0.15, -0.1) is 0 Å². The van der Waals surface area contributed by atoms with Gasteiger partial charge in [0.1, 0.15) is 0 Å². The molecule has 0 aliphatic carbocycles. The molecule has 0 unspecified atom stereocenters. The molecule has 1 aromatic carbocycles. The van der Waals surface area contributed by atoms with Crippen molar-refractivity contribution in [2.75, 3.05) is 18.6 Å². The van der Waals surface area contributed by atoms with Gasteiger partial charge >= 0.3 is 0 Å². The maximum Gasteiger partial charge on any atom is 0.204 e. The van der Waals surface area contributed by atoms with Crippen LogP contribution in [0.15, 0.2) is 23.3 Å². The fourth-order valence-corrected chi connectivity index (χ4v) is 3.27. The van der Waals surface area contributed by atoms with E-state index >= 15 is 0 Å². The number of carbonyl (C=O) groups excluding carboxylic acids is 1. The van der Waals surface area contributed by atoms with Crippen LogP contribution >= 0.6 is 11.3 Å². The molecular formula is C20H27N3O3S. The number of carbonyl (C=O) groups is 1. The molecule has 0 bridgehead atoms. The third-order valence-electron chi connectivity index (χ3n) is 3.76. The van der Waals surface area contributed by atoms with Gasteiger partial charge < -0.3 is 9.47 Å². The molecule has 7 heteroatoms. The largest absolute Gasteiger partial charge is 0.490 e. The smallest absolute Gasteiger partial charge is 0.204 e. The monoisotopic (exact) mass is 389 g/mol. The zero-order valence-electron chi connectivity index (χ0n) is 16.4. The number of ether oxygens (including phenoxy) is 2. The summed E-state index contributed by atoms with van der Waals surface area (Å²) in [6.07, 6.45) is 5.04. The van der Waals surface area contributed by atoms with Crippen LogP contribution in [0.25, 0.3) is 0 Å². The number of nitrogens with one attached hydrogen (secondary N) is 1. The lowest BCUT2D eigenvalue weighted by Gasteiger charge is -2.12. The second-order valence-electron chi connectivity index (χ2n) is 6.05. The minimum absolute atomic E-state index is 0.0120. The Morgan fingerprint density at radius 2 is 2.07 bits per heavy atom. The first-order valence-corrected chi connectivity index (χ1v) is 10.0. The molecule has 146 valence electrons. The van der Waals surface area contributed by atoms with Gasteiger partial charge in [0.2, 0.25) is 5.13 Å². The molecular weight excluding hydrogens is 362 g/mol. The summed E-state index contributed by atoms with van der Waals surface area (Å²) in [6, 6.07) is 5.73. The summed E-state index contributed by atoms with van der Waals surface area (Å²) in [5.41, 5.74) is 4.47. The SMILES string of the molecule is CCCCCOc1ccc(/C=N\Nc2nc(C)c(C(C)=O)s2)cc1OCC. The molecule has 1 aromatic heterocycles. The molecule has 6 nitrogen and oxygen atoms in total. The number of hydrogen-bond acceptors (Lipinski definition) is 7. The molecule has 2 rings (SSSR count). The highest BCUT2D eigenvalue weighted by Crippen LogP contribution is 2.28. The molecule has 27 heavy (non-hydrogen) atoms. The van der Waals surface area contributed by atoms with Crippen LogP contribution in [0.2, 0.25) is 0 Å². The highest BCUT2D eigenvalue weighted by molar-refractivity contribution is 7.17. The first-order valence-electron chi connectivity index (χ1n) is 9.22. The van der Waals surface area contributed by atoms with Gasteiger partial charge in [-0.25, -0.2) is 4.98 Å². The second-order valence-corrected chi connectivity index (χ2v) is 7.05. The quantitative estimate of drug-likeness (QED) is 0.251. The Hall–Kier alpha value is -2.41. The minimum Gasteiger partial charge on any atom is -0.490 e. The van der Waals surface area contributed by atoms with Crippen LogP contribution in [0.1, 0.15) is 61.0 Å². The molecule has 0 atom stereocenters. The van der Waals surface area contributed by atoms with E-state index in [0.717, 1.165) is 30.6 Å². The number of hydrazone groups is 1. The van der Waals surface area contributed by atoms with Gasteiger partial charge in [0.15, 0.2) is 17.3 Å². The lowest BCUT2D eigenvalue weighted by molar-refractivity contribution is 0.102. The molecule has 0 aliphatic rings. The zero-order chi connectivity index (χ0) is 19.6. The third-order valence-corrected chi connectivity index (χ3v) is 4.93. The highest BCUT2D eigenvalue weighted by atomic mass is 32.1. The van der Waals surface area contributed by atoms with Gasteiger partial charge in [-0.05, 0) is 44.0 Å². The molecule has 1 heterocycles. The molecule has 2 aromatic rings. The first-order chi connectivity index (χ1) is 13.0. The third kappa shape index (κ3) is 6.36. The van der Waals surface area contributed by atoms with Gasteiger partial charge in [0.05, 0.1) is 30.0 Å². The van der Waals surface area contributed by atoms with Crippen molar-refractivity contribution in [1.82, 2.24) is 4.98 Å². The number of unbranched alkanes of at least 4 members (excludes halogenated alkanes) is 2. The van der Waals surface area contributed by atoms with Crippen LogP contribution in [0.4, 0.5) is 5.13 Å². The molecule has 1 N–H and O–H groups in total. The van der Waals surface area contributed by atoms with E-state index in [9.17, 15) is 4.79 Å². The van der Waals surface area contributed by atoms with Crippen molar-refractivity contribution < 1.29 is 14.3 Å².